The molecule has 0 bridgehead atoms. The van der Waals surface area contributed by atoms with Gasteiger partial charge in [0.1, 0.15) is 0 Å². The van der Waals surface area contributed by atoms with Crippen molar-refractivity contribution in [3.8, 4) is 11.8 Å². The molecule has 0 radical (unpaired) electrons. The summed E-state index contributed by atoms with van der Waals surface area (Å²) in [6, 6.07) is 0. The summed E-state index contributed by atoms with van der Waals surface area (Å²) in [5.74, 6) is 6.25. The van der Waals surface area contributed by atoms with Crippen LogP contribution in [0.5, 0.6) is 0 Å². The lowest BCUT2D eigenvalue weighted by Gasteiger charge is -2.39. The number of hydrogen-bond donors (Lipinski definition) is 0. The zero-order valence-electron chi connectivity index (χ0n) is 6.00. The monoisotopic (exact) mass is 108 g/mol. The summed E-state index contributed by atoms with van der Waals surface area (Å²) >= 11 is 0. The van der Waals surface area contributed by atoms with Crippen LogP contribution >= 0.6 is 0 Å². The molecule has 0 spiro atoms. The van der Waals surface area contributed by atoms with Crippen molar-refractivity contribution in [1.82, 2.24) is 0 Å². The van der Waals surface area contributed by atoms with Gasteiger partial charge in [0.05, 0.1) is 0 Å². The van der Waals surface area contributed by atoms with E-state index in [1.165, 1.54) is 0 Å². The highest BCUT2D eigenvalue weighted by Crippen LogP contribution is 2.42. The van der Waals surface area contributed by atoms with Crippen LogP contribution in [-0.2, 0) is 0 Å². The van der Waals surface area contributed by atoms with Crippen molar-refractivity contribution in [3.63, 3.8) is 0 Å². The van der Waals surface area contributed by atoms with Gasteiger partial charge in [-0.05, 0) is 27.7 Å². The molecule has 0 heteroatoms. The van der Waals surface area contributed by atoms with Crippen LogP contribution in [0.25, 0.3) is 0 Å². The molecule has 1 aliphatic carbocycles. The molecule has 0 aliphatic heterocycles. The summed E-state index contributed by atoms with van der Waals surface area (Å²) in [4.78, 5) is 0. The van der Waals surface area contributed by atoms with Gasteiger partial charge in [-0.1, -0.05) is 11.8 Å². The predicted molar refractivity (Wildman–Crippen MR) is 35.3 cm³/mol. The largest absolute Gasteiger partial charge is 0.0949 e. The fourth-order valence-electron chi connectivity index (χ4n) is 0.562. The Bertz CT molecular complexity index is 144. The molecule has 1 rings (SSSR count). The van der Waals surface area contributed by atoms with Gasteiger partial charge >= 0.3 is 0 Å². The minimum atomic E-state index is 0.257. The van der Waals surface area contributed by atoms with E-state index in [4.69, 9.17) is 0 Å². The topological polar surface area (TPSA) is 0 Å². The molecule has 0 amide bonds. The van der Waals surface area contributed by atoms with E-state index in [2.05, 4.69) is 39.5 Å². The Balaban J connectivity index is 2.90. The lowest BCUT2D eigenvalue weighted by atomic mass is 9.62. The molecule has 0 fully saturated rings. The van der Waals surface area contributed by atoms with Gasteiger partial charge in [-0.3, -0.25) is 0 Å². The third-order valence-electron chi connectivity index (χ3n) is 2.25. The van der Waals surface area contributed by atoms with Crippen molar-refractivity contribution in [1.29, 1.82) is 0 Å². The molecule has 44 valence electrons. The van der Waals surface area contributed by atoms with Crippen LogP contribution in [0.3, 0.4) is 0 Å². The number of rotatable bonds is 0. The molecule has 0 aromatic rings. The average Bonchev–Trinajstić information content (AvgIpc) is 1.64. The lowest BCUT2D eigenvalue weighted by Crippen LogP contribution is -2.36. The first-order valence-electron chi connectivity index (χ1n) is 3.00. The first-order chi connectivity index (χ1) is 3.46. The number of hydrogen-bond acceptors (Lipinski definition) is 0. The SMILES string of the molecule is CC1(C)C#CC1(C)C. The summed E-state index contributed by atoms with van der Waals surface area (Å²) in [6.07, 6.45) is 0. The molecular weight excluding hydrogens is 96.1 g/mol. The maximum Gasteiger partial charge on any atom is 0.0418 e. The predicted octanol–water partition coefficient (Wildman–Crippen LogP) is 2.06. The molecule has 0 aromatic carbocycles. The smallest absolute Gasteiger partial charge is 0.0418 e. The van der Waals surface area contributed by atoms with E-state index in [9.17, 15) is 0 Å². The fourth-order valence-corrected chi connectivity index (χ4v) is 0.562. The summed E-state index contributed by atoms with van der Waals surface area (Å²) in [5.41, 5.74) is 0.514. The molecule has 0 atom stereocenters. The Morgan fingerprint density at radius 2 is 1.00 bits per heavy atom. The minimum absolute atomic E-state index is 0.257. The van der Waals surface area contributed by atoms with Gasteiger partial charge in [-0.25, -0.2) is 0 Å². The van der Waals surface area contributed by atoms with Gasteiger partial charge in [-0.2, -0.15) is 0 Å². The molecule has 0 heterocycles. The quantitative estimate of drug-likeness (QED) is 0.417. The molecule has 1 aliphatic rings. The summed E-state index contributed by atoms with van der Waals surface area (Å²) in [5, 5.41) is 0. The standard InChI is InChI=1S/C8H12/c1-7(2)5-6-8(7,3)4/h1-4H3. The Hall–Kier alpha value is -0.440. The molecule has 8 heavy (non-hydrogen) atoms. The Kier molecular flexibility index (Phi) is 0.785. The van der Waals surface area contributed by atoms with Crippen LogP contribution in [0.15, 0.2) is 0 Å². The average molecular weight is 108 g/mol. The summed E-state index contributed by atoms with van der Waals surface area (Å²) < 4.78 is 0. The van der Waals surface area contributed by atoms with Crippen LogP contribution in [0.1, 0.15) is 27.7 Å². The fraction of sp³-hybridized carbons (Fsp3) is 0.750. The third-order valence-corrected chi connectivity index (χ3v) is 2.25. The zero-order chi connectivity index (χ0) is 6.41. The molecular formula is C8H12. The Morgan fingerprint density at radius 3 is 1.00 bits per heavy atom. The van der Waals surface area contributed by atoms with Gasteiger partial charge in [0.15, 0.2) is 0 Å². The van der Waals surface area contributed by atoms with E-state index in [1.54, 1.807) is 0 Å². The molecule has 0 saturated heterocycles. The van der Waals surface area contributed by atoms with Crippen LogP contribution in [0.4, 0.5) is 0 Å². The second-order valence-electron chi connectivity index (χ2n) is 3.50. The molecule has 0 nitrogen and oxygen atoms in total. The Morgan fingerprint density at radius 1 is 0.750 bits per heavy atom. The first-order valence-corrected chi connectivity index (χ1v) is 3.00. The van der Waals surface area contributed by atoms with E-state index in [0.717, 1.165) is 0 Å². The maximum atomic E-state index is 3.12. The second kappa shape index (κ2) is 1.10. The van der Waals surface area contributed by atoms with Crippen LogP contribution in [0, 0.1) is 22.7 Å². The van der Waals surface area contributed by atoms with Gasteiger partial charge in [0.25, 0.3) is 0 Å². The highest BCUT2D eigenvalue weighted by molar-refractivity contribution is 5.32. The van der Waals surface area contributed by atoms with Crippen LogP contribution < -0.4 is 0 Å². The Labute approximate surface area is 51.3 Å². The van der Waals surface area contributed by atoms with Crippen LogP contribution in [0.2, 0.25) is 0 Å². The lowest BCUT2D eigenvalue weighted by molar-refractivity contribution is 0.230. The highest BCUT2D eigenvalue weighted by Gasteiger charge is 2.39. The van der Waals surface area contributed by atoms with E-state index in [0.29, 0.717) is 0 Å². The first kappa shape index (κ1) is 5.69. The van der Waals surface area contributed by atoms with Crippen molar-refractivity contribution in [2.75, 3.05) is 0 Å². The normalized spacial score (nSPS) is 27.5. The van der Waals surface area contributed by atoms with Crippen LogP contribution in [-0.4, -0.2) is 0 Å². The van der Waals surface area contributed by atoms with Gasteiger partial charge in [0.2, 0.25) is 0 Å². The summed E-state index contributed by atoms with van der Waals surface area (Å²) in [7, 11) is 0. The van der Waals surface area contributed by atoms with E-state index >= 15 is 0 Å². The molecule has 0 unspecified atom stereocenters. The minimum Gasteiger partial charge on any atom is -0.0949 e. The molecule has 0 saturated carbocycles. The van der Waals surface area contributed by atoms with Crippen molar-refractivity contribution in [2.45, 2.75) is 27.7 Å². The molecule has 0 aromatic heterocycles. The van der Waals surface area contributed by atoms with Gasteiger partial charge < -0.3 is 0 Å². The zero-order valence-corrected chi connectivity index (χ0v) is 6.00. The summed E-state index contributed by atoms with van der Waals surface area (Å²) in [6.45, 7) is 8.74. The van der Waals surface area contributed by atoms with Gasteiger partial charge in [-0.15, -0.1) is 0 Å². The van der Waals surface area contributed by atoms with Crippen molar-refractivity contribution >= 4 is 0 Å². The maximum absolute atomic E-state index is 3.12. The second-order valence-corrected chi connectivity index (χ2v) is 3.50. The van der Waals surface area contributed by atoms with Crippen molar-refractivity contribution in [2.24, 2.45) is 10.8 Å². The van der Waals surface area contributed by atoms with E-state index in [1.807, 2.05) is 0 Å². The van der Waals surface area contributed by atoms with E-state index < -0.39 is 0 Å². The van der Waals surface area contributed by atoms with Crippen molar-refractivity contribution in [3.05, 3.63) is 0 Å². The van der Waals surface area contributed by atoms with Gasteiger partial charge in [0, 0.05) is 10.8 Å². The highest BCUT2D eigenvalue weighted by atomic mass is 14.4. The molecule has 0 N–H and O–H groups in total. The third kappa shape index (κ3) is 0.478. The van der Waals surface area contributed by atoms with Crippen molar-refractivity contribution < 1.29 is 0 Å². The van der Waals surface area contributed by atoms with E-state index in [-0.39, 0.29) is 10.8 Å².